The summed E-state index contributed by atoms with van der Waals surface area (Å²) in [6.07, 6.45) is -2.50. The summed E-state index contributed by atoms with van der Waals surface area (Å²) in [5.41, 5.74) is 1.09. The number of hydrogen-bond acceptors (Lipinski definition) is 5. The molecule has 0 radical (unpaired) electrons. The van der Waals surface area contributed by atoms with Crippen LogP contribution in [-0.2, 0) is 14.8 Å². The quantitative estimate of drug-likeness (QED) is 0.382. The Kier molecular flexibility index (Phi) is 8.22. The number of ether oxygens (including phenoxy) is 1. The van der Waals surface area contributed by atoms with Gasteiger partial charge in [0.25, 0.3) is 0 Å². The van der Waals surface area contributed by atoms with E-state index in [4.69, 9.17) is 0 Å². The van der Waals surface area contributed by atoms with Gasteiger partial charge in [-0.1, -0.05) is 12.1 Å². The number of amides is 1. The van der Waals surface area contributed by atoms with Crippen LogP contribution in [0.5, 0.6) is 5.88 Å². The fourth-order valence-electron chi connectivity index (χ4n) is 4.42. The summed E-state index contributed by atoms with van der Waals surface area (Å²) in [6, 6.07) is 12.1. The molecule has 0 saturated heterocycles. The Hall–Kier alpha value is -3.25. The van der Waals surface area contributed by atoms with E-state index in [9.17, 15) is 30.8 Å². The molecule has 1 atom stereocenters. The highest BCUT2D eigenvalue weighted by Crippen LogP contribution is 2.28. The Morgan fingerprint density at radius 3 is 2.39 bits per heavy atom. The van der Waals surface area contributed by atoms with Gasteiger partial charge in [-0.15, -0.1) is 0 Å². The maximum atomic E-state index is 13.1. The Morgan fingerprint density at radius 2 is 1.74 bits per heavy atom. The molecule has 1 aromatic heterocycles. The smallest absolute Gasteiger partial charge is 0.422 e. The van der Waals surface area contributed by atoms with Gasteiger partial charge in [0.15, 0.2) is 6.61 Å². The van der Waals surface area contributed by atoms with Gasteiger partial charge in [-0.2, -0.15) is 13.2 Å². The van der Waals surface area contributed by atoms with E-state index in [0.29, 0.717) is 36.6 Å². The van der Waals surface area contributed by atoms with Crippen molar-refractivity contribution in [2.24, 2.45) is 5.92 Å². The summed E-state index contributed by atoms with van der Waals surface area (Å²) in [7, 11) is -3.88. The Bertz CT molecular complexity index is 1390. The standard InChI is InChI=1S/C26H27F4N3O4S/c1-16(17-2-7-20(27)8-3-17)31-25(34)18-4-9-21(10-5-18)33-38(35,36)22-11-12-23-19(14-22)6-13-24(32-23)37-15-26(28,29)30/h2-3,6-8,11-14,16,18,21,33H,4-5,9-10,15H2,1H3,(H,31,34)/t16-,18-,21-/m1/s1. The maximum Gasteiger partial charge on any atom is 0.422 e. The lowest BCUT2D eigenvalue weighted by Crippen LogP contribution is -2.41. The summed E-state index contributed by atoms with van der Waals surface area (Å²) in [6.45, 7) is 0.347. The molecule has 1 amide bonds. The molecular weight excluding hydrogens is 526 g/mol. The number of nitrogens with zero attached hydrogens (tertiary/aromatic N) is 1. The molecule has 1 aliphatic rings. The Balaban J connectivity index is 1.32. The van der Waals surface area contributed by atoms with E-state index in [2.05, 4.69) is 19.8 Å². The lowest BCUT2D eigenvalue weighted by atomic mass is 9.85. The van der Waals surface area contributed by atoms with E-state index in [1.165, 1.54) is 42.5 Å². The molecule has 4 rings (SSSR count). The van der Waals surface area contributed by atoms with Gasteiger partial charge in [0, 0.05) is 23.4 Å². The van der Waals surface area contributed by atoms with Gasteiger partial charge in [0.2, 0.25) is 21.8 Å². The second-order valence-electron chi connectivity index (χ2n) is 9.36. The van der Waals surface area contributed by atoms with E-state index >= 15 is 0 Å². The van der Waals surface area contributed by atoms with Crippen LogP contribution in [0.25, 0.3) is 10.9 Å². The Morgan fingerprint density at radius 1 is 1.05 bits per heavy atom. The first kappa shape index (κ1) is 27.8. The number of alkyl halides is 3. The monoisotopic (exact) mass is 553 g/mol. The van der Waals surface area contributed by atoms with Gasteiger partial charge in [-0.25, -0.2) is 22.5 Å². The zero-order chi connectivity index (χ0) is 27.5. The number of hydrogen-bond donors (Lipinski definition) is 2. The average Bonchev–Trinajstić information content (AvgIpc) is 2.87. The SMILES string of the molecule is C[C@@H](NC(=O)[C@H]1CC[C@H](NS(=O)(=O)c2ccc3nc(OCC(F)(F)F)ccc3c2)CC1)c1ccc(F)cc1. The van der Waals surface area contributed by atoms with Gasteiger partial charge in [-0.3, -0.25) is 4.79 Å². The molecule has 0 spiro atoms. The zero-order valence-electron chi connectivity index (χ0n) is 20.5. The van der Waals surface area contributed by atoms with Crippen molar-refractivity contribution < 1.29 is 35.5 Å². The number of fused-ring (bicyclic) bond motifs is 1. The molecule has 2 aromatic carbocycles. The number of pyridine rings is 1. The third kappa shape index (κ3) is 7.19. The number of sulfonamides is 1. The van der Waals surface area contributed by atoms with Gasteiger partial charge in [0.1, 0.15) is 5.82 Å². The molecule has 204 valence electrons. The molecule has 7 nitrogen and oxygen atoms in total. The summed E-state index contributed by atoms with van der Waals surface area (Å²) in [5, 5.41) is 3.37. The third-order valence-electron chi connectivity index (χ3n) is 6.48. The minimum atomic E-state index is -4.49. The number of halogens is 4. The van der Waals surface area contributed by atoms with Gasteiger partial charge in [0.05, 0.1) is 16.5 Å². The molecule has 3 aromatic rings. The molecule has 1 saturated carbocycles. The van der Waals surface area contributed by atoms with E-state index in [0.717, 1.165) is 5.56 Å². The van der Waals surface area contributed by atoms with Gasteiger partial charge >= 0.3 is 6.18 Å². The van der Waals surface area contributed by atoms with Crippen LogP contribution in [0.2, 0.25) is 0 Å². The average molecular weight is 554 g/mol. The molecule has 12 heteroatoms. The number of carbonyl (C=O) groups excluding carboxylic acids is 1. The van der Waals surface area contributed by atoms with Crippen molar-refractivity contribution in [3.05, 3.63) is 66.0 Å². The van der Waals surface area contributed by atoms with Crippen molar-refractivity contribution in [3.8, 4) is 5.88 Å². The molecule has 0 aliphatic heterocycles. The molecule has 1 aliphatic carbocycles. The van der Waals surface area contributed by atoms with E-state index < -0.39 is 22.8 Å². The topological polar surface area (TPSA) is 97.4 Å². The van der Waals surface area contributed by atoms with Crippen LogP contribution in [-0.4, -0.2) is 38.1 Å². The number of nitrogens with one attached hydrogen (secondary N) is 2. The van der Waals surface area contributed by atoms with Crippen molar-refractivity contribution in [2.45, 2.75) is 55.8 Å². The molecule has 0 unspecified atom stereocenters. The molecule has 38 heavy (non-hydrogen) atoms. The molecule has 0 bridgehead atoms. The highest BCUT2D eigenvalue weighted by Gasteiger charge is 2.30. The van der Waals surface area contributed by atoms with Crippen LogP contribution < -0.4 is 14.8 Å². The minimum Gasteiger partial charge on any atom is -0.468 e. The number of benzene rings is 2. The highest BCUT2D eigenvalue weighted by molar-refractivity contribution is 7.89. The van der Waals surface area contributed by atoms with Crippen LogP contribution in [0.1, 0.15) is 44.2 Å². The van der Waals surface area contributed by atoms with Crippen LogP contribution in [0.3, 0.4) is 0 Å². The highest BCUT2D eigenvalue weighted by atomic mass is 32.2. The lowest BCUT2D eigenvalue weighted by molar-refractivity contribution is -0.154. The summed E-state index contributed by atoms with van der Waals surface area (Å²) < 4.78 is 83.5. The van der Waals surface area contributed by atoms with E-state index in [-0.39, 0.29) is 40.5 Å². The van der Waals surface area contributed by atoms with Crippen molar-refractivity contribution in [1.29, 1.82) is 0 Å². The van der Waals surface area contributed by atoms with Crippen LogP contribution in [0, 0.1) is 11.7 Å². The van der Waals surface area contributed by atoms with Gasteiger partial charge in [-0.05, 0) is 74.6 Å². The molecular formula is C26H27F4N3O4S. The van der Waals surface area contributed by atoms with Crippen molar-refractivity contribution in [2.75, 3.05) is 6.61 Å². The summed E-state index contributed by atoms with van der Waals surface area (Å²) in [4.78, 5) is 16.7. The van der Waals surface area contributed by atoms with Crippen LogP contribution >= 0.6 is 0 Å². The first-order valence-corrected chi connectivity index (χ1v) is 13.6. The van der Waals surface area contributed by atoms with Crippen molar-refractivity contribution in [3.63, 3.8) is 0 Å². The molecule has 1 fully saturated rings. The third-order valence-corrected chi connectivity index (χ3v) is 8.00. The van der Waals surface area contributed by atoms with Crippen LogP contribution in [0.15, 0.2) is 59.5 Å². The first-order valence-electron chi connectivity index (χ1n) is 12.1. The molecule has 2 N–H and O–H groups in total. The first-order chi connectivity index (χ1) is 17.9. The minimum absolute atomic E-state index is 0.00347. The maximum absolute atomic E-state index is 13.1. The summed E-state index contributed by atoms with van der Waals surface area (Å²) >= 11 is 0. The molecule has 1 heterocycles. The zero-order valence-corrected chi connectivity index (χ0v) is 21.3. The fourth-order valence-corrected chi connectivity index (χ4v) is 5.76. The lowest BCUT2D eigenvalue weighted by Gasteiger charge is -2.29. The Labute approximate surface area is 217 Å². The van der Waals surface area contributed by atoms with Crippen molar-refractivity contribution >= 4 is 26.8 Å². The number of aromatic nitrogens is 1. The fraction of sp³-hybridized carbons (Fsp3) is 0.385. The normalized spacial score (nSPS) is 19.2. The second-order valence-corrected chi connectivity index (χ2v) is 11.1. The van der Waals surface area contributed by atoms with E-state index in [1.807, 2.05) is 6.92 Å². The second kappa shape index (κ2) is 11.2. The predicted octanol–water partition coefficient (Wildman–Crippen LogP) is 5.03. The van der Waals surface area contributed by atoms with Crippen molar-refractivity contribution in [1.82, 2.24) is 15.0 Å². The van der Waals surface area contributed by atoms with Crippen LogP contribution in [0.4, 0.5) is 17.6 Å². The van der Waals surface area contributed by atoms with E-state index in [1.54, 1.807) is 12.1 Å². The number of rotatable bonds is 8. The summed E-state index contributed by atoms with van der Waals surface area (Å²) in [5.74, 6) is -0.934. The predicted molar refractivity (Wildman–Crippen MR) is 132 cm³/mol. The number of carbonyl (C=O) groups is 1. The largest absolute Gasteiger partial charge is 0.468 e. The van der Waals surface area contributed by atoms with Gasteiger partial charge < -0.3 is 10.1 Å².